The van der Waals surface area contributed by atoms with E-state index in [1.807, 2.05) is 21.7 Å². The Balaban J connectivity index is 1.60. The van der Waals surface area contributed by atoms with Crippen molar-refractivity contribution in [2.45, 2.75) is 45.6 Å². The lowest BCUT2D eigenvalue weighted by Gasteiger charge is -2.27. The van der Waals surface area contributed by atoms with Gasteiger partial charge in [0.05, 0.1) is 18.7 Å². The second-order valence-electron chi connectivity index (χ2n) is 8.74. The van der Waals surface area contributed by atoms with E-state index in [0.717, 1.165) is 17.3 Å². The standard InChI is InChI=1S/C25H27ClF2N4O3/c1-16(33)24(34)29-7-9-31-23-6-8-30(13-18-10-20(27)12-21(28)11-18)15-22(23)25(35)32(31)14-17-2-4-19(26)5-3-17/h2-5,10-12,16,33H,6-9,13-15H2,1H3,(H,29,34)/t16-/m1/s1. The molecule has 0 saturated heterocycles. The van der Waals surface area contributed by atoms with Crippen LogP contribution in [0, 0.1) is 11.6 Å². The van der Waals surface area contributed by atoms with Gasteiger partial charge in [0.2, 0.25) is 5.91 Å². The van der Waals surface area contributed by atoms with Crippen molar-refractivity contribution in [3.05, 3.63) is 91.9 Å². The van der Waals surface area contributed by atoms with Gasteiger partial charge in [-0.05, 0) is 42.3 Å². The van der Waals surface area contributed by atoms with Gasteiger partial charge in [0, 0.05) is 49.4 Å². The average molecular weight is 505 g/mol. The van der Waals surface area contributed by atoms with Gasteiger partial charge < -0.3 is 10.4 Å². The fourth-order valence-corrected chi connectivity index (χ4v) is 4.53. The van der Waals surface area contributed by atoms with E-state index in [9.17, 15) is 23.5 Å². The van der Waals surface area contributed by atoms with E-state index >= 15 is 0 Å². The molecule has 1 aliphatic rings. The van der Waals surface area contributed by atoms with Gasteiger partial charge in [-0.2, -0.15) is 0 Å². The molecule has 1 aliphatic heterocycles. The predicted molar refractivity (Wildman–Crippen MR) is 128 cm³/mol. The first-order valence-corrected chi connectivity index (χ1v) is 11.8. The second kappa shape index (κ2) is 10.7. The molecule has 0 aliphatic carbocycles. The number of halogens is 3. The van der Waals surface area contributed by atoms with Crippen molar-refractivity contribution in [1.82, 2.24) is 19.6 Å². The van der Waals surface area contributed by atoms with Gasteiger partial charge >= 0.3 is 0 Å². The highest BCUT2D eigenvalue weighted by molar-refractivity contribution is 6.30. The van der Waals surface area contributed by atoms with E-state index in [1.165, 1.54) is 19.1 Å². The third-order valence-corrected chi connectivity index (χ3v) is 6.32. The van der Waals surface area contributed by atoms with Crippen molar-refractivity contribution in [3.8, 4) is 0 Å². The maximum atomic E-state index is 13.6. The number of fused-ring (bicyclic) bond motifs is 1. The maximum Gasteiger partial charge on any atom is 0.271 e. The van der Waals surface area contributed by atoms with Crippen LogP contribution in [0.15, 0.2) is 47.3 Å². The lowest BCUT2D eigenvalue weighted by molar-refractivity contribution is -0.128. The molecule has 7 nitrogen and oxygen atoms in total. The molecule has 1 aromatic heterocycles. The topological polar surface area (TPSA) is 79.5 Å². The Labute approximate surface area is 206 Å². The van der Waals surface area contributed by atoms with E-state index in [-0.39, 0.29) is 12.1 Å². The molecule has 2 aromatic carbocycles. The van der Waals surface area contributed by atoms with Gasteiger partial charge in [-0.25, -0.2) is 13.5 Å². The quantitative estimate of drug-likeness (QED) is 0.494. The molecule has 0 unspecified atom stereocenters. The van der Waals surface area contributed by atoms with Crippen LogP contribution < -0.4 is 10.9 Å². The smallest absolute Gasteiger partial charge is 0.271 e. The third-order valence-electron chi connectivity index (χ3n) is 6.07. The van der Waals surface area contributed by atoms with Crippen LogP contribution in [-0.2, 0) is 37.4 Å². The van der Waals surface area contributed by atoms with E-state index in [0.29, 0.717) is 55.3 Å². The van der Waals surface area contributed by atoms with Gasteiger partial charge in [0.1, 0.15) is 17.7 Å². The molecule has 0 fully saturated rings. The zero-order valence-electron chi connectivity index (χ0n) is 19.3. The Morgan fingerprint density at radius 1 is 1.09 bits per heavy atom. The number of nitrogens with one attached hydrogen (secondary N) is 1. The molecule has 4 rings (SSSR count). The minimum absolute atomic E-state index is 0.146. The molecular weight excluding hydrogens is 478 g/mol. The van der Waals surface area contributed by atoms with Crippen LogP contribution in [0.4, 0.5) is 8.78 Å². The molecule has 2 N–H and O–H groups in total. The van der Waals surface area contributed by atoms with Crippen LogP contribution in [0.1, 0.15) is 29.3 Å². The lowest BCUT2D eigenvalue weighted by Crippen LogP contribution is -2.36. The Morgan fingerprint density at radius 2 is 1.77 bits per heavy atom. The first kappa shape index (κ1) is 25.1. The number of aromatic nitrogens is 2. The summed E-state index contributed by atoms with van der Waals surface area (Å²) in [7, 11) is 0. The number of aliphatic hydroxyl groups excluding tert-OH is 1. The van der Waals surface area contributed by atoms with Gasteiger partial charge in [-0.1, -0.05) is 23.7 Å². The Kier molecular flexibility index (Phi) is 7.69. The molecule has 0 spiro atoms. The largest absolute Gasteiger partial charge is 0.384 e. The van der Waals surface area contributed by atoms with Crippen LogP contribution >= 0.6 is 11.6 Å². The Morgan fingerprint density at radius 3 is 2.43 bits per heavy atom. The van der Waals surface area contributed by atoms with Gasteiger partial charge in [0.25, 0.3) is 5.56 Å². The minimum atomic E-state index is -1.12. The van der Waals surface area contributed by atoms with E-state index in [1.54, 1.807) is 16.8 Å². The van der Waals surface area contributed by atoms with Crippen molar-refractivity contribution in [2.24, 2.45) is 0 Å². The number of aliphatic hydroxyl groups is 1. The first-order valence-electron chi connectivity index (χ1n) is 11.4. The van der Waals surface area contributed by atoms with Crippen LogP contribution in [0.25, 0.3) is 0 Å². The number of carbonyl (C=O) groups is 1. The summed E-state index contributed by atoms with van der Waals surface area (Å²) in [5.74, 6) is -1.74. The predicted octanol–water partition coefficient (Wildman–Crippen LogP) is 2.69. The van der Waals surface area contributed by atoms with Crippen LogP contribution in [0.3, 0.4) is 0 Å². The molecule has 1 amide bonds. The van der Waals surface area contributed by atoms with Crippen LogP contribution in [-0.4, -0.2) is 44.5 Å². The molecule has 1 atom stereocenters. The molecule has 0 radical (unpaired) electrons. The molecule has 3 aromatic rings. The van der Waals surface area contributed by atoms with Crippen LogP contribution in [0.2, 0.25) is 5.02 Å². The van der Waals surface area contributed by atoms with Crippen molar-refractivity contribution in [3.63, 3.8) is 0 Å². The zero-order chi connectivity index (χ0) is 25.1. The molecule has 0 bridgehead atoms. The number of benzene rings is 2. The summed E-state index contributed by atoms with van der Waals surface area (Å²) in [6, 6.07) is 10.7. The highest BCUT2D eigenvalue weighted by Gasteiger charge is 2.26. The maximum absolute atomic E-state index is 13.6. The van der Waals surface area contributed by atoms with Crippen molar-refractivity contribution >= 4 is 17.5 Å². The van der Waals surface area contributed by atoms with E-state index < -0.39 is 23.6 Å². The summed E-state index contributed by atoms with van der Waals surface area (Å²) in [6.07, 6.45) is -0.550. The minimum Gasteiger partial charge on any atom is -0.384 e. The summed E-state index contributed by atoms with van der Waals surface area (Å²) in [5, 5.41) is 12.7. The SMILES string of the molecule is C[C@@H](O)C(=O)NCCn1c2c(c(=O)n1Cc1ccc(Cl)cc1)CN(Cc1cc(F)cc(F)c1)CC2. The van der Waals surface area contributed by atoms with E-state index in [2.05, 4.69) is 5.32 Å². The summed E-state index contributed by atoms with van der Waals surface area (Å²) in [6.45, 7) is 3.59. The number of carbonyl (C=O) groups excluding carboxylic acids is 1. The number of hydrogen-bond acceptors (Lipinski definition) is 4. The monoisotopic (exact) mass is 504 g/mol. The Bertz CT molecular complexity index is 1250. The molecule has 186 valence electrons. The average Bonchev–Trinajstić information content (AvgIpc) is 3.05. The fourth-order valence-electron chi connectivity index (χ4n) is 4.40. The highest BCUT2D eigenvalue weighted by Crippen LogP contribution is 2.21. The highest BCUT2D eigenvalue weighted by atomic mass is 35.5. The molecule has 2 heterocycles. The number of nitrogens with zero attached hydrogens (tertiary/aromatic N) is 3. The summed E-state index contributed by atoms with van der Waals surface area (Å²) >= 11 is 6.00. The fraction of sp³-hybridized carbons (Fsp3) is 0.360. The van der Waals surface area contributed by atoms with Crippen molar-refractivity contribution in [2.75, 3.05) is 13.1 Å². The molecular formula is C25H27ClF2N4O3. The Hall–Kier alpha value is -3.01. The van der Waals surface area contributed by atoms with Gasteiger partial charge in [0.15, 0.2) is 0 Å². The van der Waals surface area contributed by atoms with Crippen molar-refractivity contribution < 1.29 is 18.7 Å². The van der Waals surface area contributed by atoms with Crippen molar-refractivity contribution in [1.29, 1.82) is 0 Å². The zero-order valence-corrected chi connectivity index (χ0v) is 20.1. The first-order chi connectivity index (χ1) is 16.7. The van der Waals surface area contributed by atoms with Gasteiger partial charge in [-0.3, -0.25) is 19.2 Å². The van der Waals surface area contributed by atoms with E-state index in [4.69, 9.17) is 11.6 Å². The summed E-state index contributed by atoms with van der Waals surface area (Å²) in [4.78, 5) is 27.2. The molecule has 35 heavy (non-hydrogen) atoms. The second-order valence-corrected chi connectivity index (χ2v) is 9.18. The summed E-state index contributed by atoms with van der Waals surface area (Å²) < 4.78 is 30.8. The van der Waals surface area contributed by atoms with Crippen LogP contribution in [0.5, 0.6) is 0 Å². The number of hydrogen-bond donors (Lipinski definition) is 2. The number of amides is 1. The molecule has 0 saturated carbocycles. The normalized spacial score (nSPS) is 14.5. The summed E-state index contributed by atoms with van der Waals surface area (Å²) in [5.41, 5.74) is 2.76. The third kappa shape index (κ3) is 5.98. The lowest BCUT2D eigenvalue weighted by atomic mass is 10.1. The van der Waals surface area contributed by atoms with Gasteiger partial charge in [-0.15, -0.1) is 0 Å². The molecule has 10 heteroatoms. The number of rotatable bonds is 8.